The number of hydrogen-bond donors (Lipinski definition) is 1. The van der Waals surface area contributed by atoms with Gasteiger partial charge in [-0.2, -0.15) is 0 Å². The molecule has 0 atom stereocenters. The molecule has 3 aromatic rings. The summed E-state index contributed by atoms with van der Waals surface area (Å²) >= 11 is 7.23. The number of carboxylic acid groups (broad SMARTS) is 1. The Labute approximate surface area is 148 Å². The van der Waals surface area contributed by atoms with E-state index in [0.29, 0.717) is 16.0 Å². The summed E-state index contributed by atoms with van der Waals surface area (Å²) in [7, 11) is 0. The Kier molecular flexibility index (Phi) is 4.87. The molecule has 0 saturated heterocycles. The van der Waals surface area contributed by atoms with Gasteiger partial charge in [-0.05, 0) is 31.2 Å². The minimum atomic E-state index is -0.905. The summed E-state index contributed by atoms with van der Waals surface area (Å²) in [5, 5.41) is 18.5. The van der Waals surface area contributed by atoms with Crippen LogP contribution in [0.3, 0.4) is 0 Å². The lowest BCUT2D eigenvalue weighted by Gasteiger charge is -2.10. The topological polar surface area (TPSA) is 68.0 Å². The summed E-state index contributed by atoms with van der Waals surface area (Å²) in [5.74, 6) is -0.349. The molecule has 0 unspecified atom stereocenters. The maximum absolute atomic E-state index is 10.9. The van der Waals surface area contributed by atoms with Crippen LogP contribution in [0.1, 0.15) is 5.56 Å². The molecule has 2 aromatic carbocycles. The van der Waals surface area contributed by atoms with E-state index in [0.717, 1.165) is 28.6 Å². The van der Waals surface area contributed by atoms with Crippen molar-refractivity contribution >= 4 is 29.3 Å². The highest BCUT2D eigenvalue weighted by atomic mass is 35.5. The fraction of sp³-hybridized carbons (Fsp3) is 0.118. The third-order valence-corrected chi connectivity index (χ3v) is 4.45. The minimum Gasteiger partial charge on any atom is -0.481 e. The first-order valence-corrected chi connectivity index (χ1v) is 8.54. The predicted molar refractivity (Wildman–Crippen MR) is 94.9 cm³/mol. The number of aryl methyl sites for hydroxylation is 1. The van der Waals surface area contributed by atoms with Gasteiger partial charge >= 0.3 is 5.97 Å². The lowest BCUT2D eigenvalue weighted by Crippen LogP contribution is -2.03. The Morgan fingerprint density at radius 3 is 2.71 bits per heavy atom. The monoisotopic (exact) mass is 359 g/mol. The summed E-state index contributed by atoms with van der Waals surface area (Å²) in [6.45, 7) is 2.00. The molecular formula is C17H14ClN3O2S. The number of hydrogen-bond acceptors (Lipinski definition) is 4. The zero-order valence-corrected chi connectivity index (χ0v) is 14.4. The summed E-state index contributed by atoms with van der Waals surface area (Å²) in [5.41, 5.74) is 2.80. The van der Waals surface area contributed by atoms with Crippen molar-refractivity contribution in [1.82, 2.24) is 14.8 Å². The molecule has 1 heterocycles. The van der Waals surface area contributed by atoms with E-state index in [9.17, 15) is 4.79 Å². The molecule has 0 radical (unpaired) electrons. The molecule has 1 aromatic heterocycles. The molecule has 0 aliphatic carbocycles. The Bertz CT molecular complexity index is 895. The third kappa shape index (κ3) is 3.60. The van der Waals surface area contributed by atoms with Crippen molar-refractivity contribution < 1.29 is 9.90 Å². The first-order chi connectivity index (χ1) is 11.5. The van der Waals surface area contributed by atoms with Gasteiger partial charge in [0.2, 0.25) is 0 Å². The first kappa shape index (κ1) is 16.5. The Morgan fingerprint density at radius 2 is 2.00 bits per heavy atom. The molecule has 0 bridgehead atoms. The molecular weight excluding hydrogens is 346 g/mol. The van der Waals surface area contributed by atoms with Gasteiger partial charge in [0.15, 0.2) is 11.0 Å². The van der Waals surface area contributed by atoms with Crippen molar-refractivity contribution in [2.45, 2.75) is 12.1 Å². The van der Waals surface area contributed by atoms with Gasteiger partial charge in [-0.1, -0.05) is 53.2 Å². The molecule has 0 saturated carbocycles. The van der Waals surface area contributed by atoms with Crippen LogP contribution in [-0.2, 0) is 4.79 Å². The van der Waals surface area contributed by atoms with Gasteiger partial charge in [0.25, 0.3) is 0 Å². The number of carbonyl (C=O) groups is 1. The van der Waals surface area contributed by atoms with Gasteiger partial charge in [0, 0.05) is 10.6 Å². The van der Waals surface area contributed by atoms with Crippen LogP contribution in [0.15, 0.2) is 53.7 Å². The molecule has 0 amide bonds. The van der Waals surface area contributed by atoms with E-state index < -0.39 is 5.97 Å². The second-order valence-electron chi connectivity index (χ2n) is 5.17. The smallest absolute Gasteiger partial charge is 0.313 e. The molecule has 0 spiro atoms. The van der Waals surface area contributed by atoms with Gasteiger partial charge in [0.05, 0.1) is 11.4 Å². The van der Waals surface area contributed by atoms with Crippen molar-refractivity contribution in [2.75, 3.05) is 5.75 Å². The Hall–Kier alpha value is -2.31. The van der Waals surface area contributed by atoms with Crippen LogP contribution in [0.2, 0.25) is 5.02 Å². The fourth-order valence-corrected chi connectivity index (χ4v) is 3.17. The van der Waals surface area contributed by atoms with Gasteiger partial charge < -0.3 is 5.11 Å². The SMILES string of the molecule is Cc1cccc(-c2nnc(SCC(=O)O)n2-c2cccc(Cl)c2)c1. The fourth-order valence-electron chi connectivity index (χ4n) is 2.31. The number of nitrogens with zero attached hydrogens (tertiary/aromatic N) is 3. The third-order valence-electron chi connectivity index (χ3n) is 3.30. The summed E-state index contributed by atoms with van der Waals surface area (Å²) in [6.07, 6.45) is 0. The van der Waals surface area contributed by atoms with E-state index in [2.05, 4.69) is 10.2 Å². The molecule has 7 heteroatoms. The maximum atomic E-state index is 10.9. The second-order valence-corrected chi connectivity index (χ2v) is 6.55. The quantitative estimate of drug-likeness (QED) is 0.695. The Balaban J connectivity index is 2.14. The van der Waals surface area contributed by atoms with Crippen molar-refractivity contribution in [3.8, 4) is 17.1 Å². The molecule has 122 valence electrons. The number of thioether (sulfide) groups is 1. The summed E-state index contributed by atoms with van der Waals surface area (Å²) in [6, 6.07) is 15.2. The molecule has 1 N–H and O–H groups in total. The average molecular weight is 360 g/mol. The molecule has 0 aliphatic rings. The van der Waals surface area contributed by atoms with Crippen LogP contribution in [0.25, 0.3) is 17.1 Å². The van der Waals surface area contributed by atoms with E-state index in [1.54, 1.807) is 12.1 Å². The normalized spacial score (nSPS) is 10.8. The largest absolute Gasteiger partial charge is 0.481 e. The van der Waals surface area contributed by atoms with Gasteiger partial charge in [-0.25, -0.2) is 0 Å². The van der Waals surface area contributed by atoms with Crippen molar-refractivity contribution in [1.29, 1.82) is 0 Å². The van der Waals surface area contributed by atoms with E-state index in [1.807, 2.05) is 47.9 Å². The van der Waals surface area contributed by atoms with Crippen LogP contribution < -0.4 is 0 Å². The van der Waals surface area contributed by atoms with E-state index in [-0.39, 0.29) is 5.75 Å². The number of benzene rings is 2. The number of aliphatic carboxylic acids is 1. The molecule has 5 nitrogen and oxygen atoms in total. The lowest BCUT2D eigenvalue weighted by atomic mass is 10.1. The van der Waals surface area contributed by atoms with Crippen LogP contribution in [0.5, 0.6) is 0 Å². The van der Waals surface area contributed by atoms with Crippen molar-refractivity contribution in [2.24, 2.45) is 0 Å². The van der Waals surface area contributed by atoms with Crippen LogP contribution in [-0.4, -0.2) is 31.6 Å². The summed E-state index contributed by atoms with van der Waals surface area (Å²) in [4.78, 5) is 10.9. The highest BCUT2D eigenvalue weighted by Crippen LogP contribution is 2.29. The van der Waals surface area contributed by atoms with E-state index >= 15 is 0 Å². The summed E-state index contributed by atoms with van der Waals surface area (Å²) < 4.78 is 1.83. The van der Waals surface area contributed by atoms with Crippen molar-refractivity contribution in [3.63, 3.8) is 0 Å². The maximum Gasteiger partial charge on any atom is 0.313 e. The molecule has 0 aliphatic heterocycles. The Morgan fingerprint density at radius 1 is 1.21 bits per heavy atom. The van der Waals surface area contributed by atoms with Crippen LogP contribution in [0, 0.1) is 6.92 Å². The lowest BCUT2D eigenvalue weighted by molar-refractivity contribution is -0.133. The number of aromatic nitrogens is 3. The van der Waals surface area contributed by atoms with Gasteiger partial charge in [-0.15, -0.1) is 10.2 Å². The second kappa shape index (κ2) is 7.07. The van der Waals surface area contributed by atoms with Gasteiger partial charge in [-0.3, -0.25) is 9.36 Å². The first-order valence-electron chi connectivity index (χ1n) is 7.17. The van der Waals surface area contributed by atoms with Crippen LogP contribution >= 0.6 is 23.4 Å². The average Bonchev–Trinajstić information content (AvgIpc) is 2.97. The molecule has 0 fully saturated rings. The van der Waals surface area contributed by atoms with E-state index in [4.69, 9.17) is 16.7 Å². The number of halogens is 1. The molecule has 3 rings (SSSR count). The van der Waals surface area contributed by atoms with Gasteiger partial charge in [0.1, 0.15) is 0 Å². The number of carboxylic acids is 1. The zero-order chi connectivity index (χ0) is 17.1. The molecule has 24 heavy (non-hydrogen) atoms. The predicted octanol–water partition coefficient (Wildman–Crippen LogP) is 4.07. The highest BCUT2D eigenvalue weighted by molar-refractivity contribution is 7.99. The van der Waals surface area contributed by atoms with Crippen molar-refractivity contribution in [3.05, 3.63) is 59.1 Å². The number of rotatable bonds is 5. The minimum absolute atomic E-state index is 0.0908. The van der Waals surface area contributed by atoms with E-state index in [1.165, 1.54) is 0 Å². The standard InChI is InChI=1S/C17H14ClN3O2S/c1-11-4-2-5-12(8-11)16-19-20-17(24-10-15(22)23)21(16)14-7-3-6-13(18)9-14/h2-9H,10H2,1H3,(H,22,23). The van der Waals surface area contributed by atoms with Crippen LogP contribution in [0.4, 0.5) is 0 Å². The highest BCUT2D eigenvalue weighted by Gasteiger charge is 2.17. The zero-order valence-electron chi connectivity index (χ0n) is 12.8.